The van der Waals surface area contributed by atoms with Crippen LogP contribution >= 0.6 is 0 Å². The Balaban J connectivity index is 3.18. The van der Waals surface area contributed by atoms with E-state index in [9.17, 15) is 18.0 Å². The monoisotopic (exact) mass is 264 g/mol. The summed E-state index contributed by atoms with van der Waals surface area (Å²) in [6, 6.07) is 0. The lowest BCUT2D eigenvalue weighted by molar-refractivity contribution is -0.142. The van der Waals surface area contributed by atoms with E-state index in [-0.39, 0.29) is 18.3 Å². The number of aromatic carboxylic acids is 1. The number of halogens is 3. The van der Waals surface area contributed by atoms with Crippen LogP contribution in [0.3, 0.4) is 0 Å². The van der Waals surface area contributed by atoms with Crippen molar-refractivity contribution in [3.05, 3.63) is 23.3 Å². The SMILES string of the molecule is COC(C)Cc1ncc(C(=O)O)c(C(F)(F)F)n1. The number of hydrogen-bond donors (Lipinski definition) is 1. The van der Waals surface area contributed by atoms with E-state index in [1.165, 1.54) is 7.11 Å². The first-order chi connectivity index (χ1) is 8.25. The molecule has 1 N–H and O–H groups in total. The first kappa shape index (κ1) is 14.4. The third kappa shape index (κ3) is 3.39. The maximum absolute atomic E-state index is 12.6. The molecule has 1 rings (SSSR count). The van der Waals surface area contributed by atoms with E-state index in [1.54, 1.807) is 6.92 Å². The van der Waals surface area contributed by atoms with E-state index in [0.717, 1.165) is 0 Å². The smallest absolute Gasteiger partial charge is 0.434 e. The van der Waals surface area contributed by atoms with Crippen LogP contribution in [0.25, 0.3) is 0 Å². The summed E-state index contributed by atoms with van der Waals surface area (Å²) in [6.07, 6.45) is -4.46. The first-order valence-electron chi connectivity index (χ1n) is 4.95. The van der Waals surface area contributed by atoms with Gasteiger partial charge in [0.15, 0.2) is 5.69 Å². The summed E-state index contributed by atoms with van der Waals surface area (Å²) in [7, 11) is 1.40. The first-order valence-corrected chi connectivity index (χ1v) is 4.95. The van der Waals surface area contributed by atoms with Gasteiger partial charge in [-0.1, -0.05) is 0 Å². The molecule has 1 unspecified atom stereocenters. The Labute approximate surface area is 101 Å². The van der Waals surface area contributed by atoms with Gasteiger partial charge in [-0.05, 0) is 6.92 Å². The van der Waals surface area contributed by atoms with E-state index in [1.807, 2.05) is 0 Å². The Kier molecular flexibility index (Phi) is 4.23. The average Bonchev–Trinajstić information content (AvgIpc) is 2.27. The van der Waals surface area contributed by atoms with Crippen molar-refractivity contribution >= 4 is 5.97 Å². The zero-order chi connectivity index (χ0) is 13.9. The second-order valence-corrected chi connectivity index (χ2v) is 3.60. The van der Waals surface area contributed by atoms with Crippen molar-refractivity contribution in [3.8, 4) is 0 Å². The highest BCUT2D eigenvalue weighted by Gasteiger charge is 2.38. The second kappa shape index (κ2) is 5.30. The average molecular weight is 264 g/mol. The number of alkyl halides is 3. The molecule has 18 heavy (non-hydrogen) atoms. The summed E-state index contributed by atoms with van der Waals surface area (Å²) >= 11 is 0. The van der Waals surface area contributed by atoms with Crippen LogP contribution in [0.2, 0.25) is 0 Å². The van der Waals surface area contributed by atoms with Gasteiger partial charge in [-0.15, -0.1) is 0 Å². The maximum atomic E-state index is 12.6. The minimum Gasteiger partial charge on any atom is -0.478 e. The normalized spacial score (nSPS) is 13.4. The molecule has 0 spiro atoms. The number of methoxy groups -OCH3 is 1. The lowest BCUT2D eigenvalue weighted by Crippen LogP contribution is -2.19. The standard InChI is InChI=1S/C10H11F3N2O3/c1-5(18-2)3-7-14-4-6(9(16)17)8(15-7)10(11,12)13/h4-5H,3H2,1-2H3,(H,16,17). The molecule has 0 aliphatic rings. The van der Waals surface area contributed by atoms with Gasteiger partial charge in [0.25, 0.3) is 0 Å². The van der Waals surface area contributed by atoms with E-state index >= 15 is 0 Å². The zero-order valence-corrected chi connectivity index (χ0v) is 9.65. The number of hydrogen-bond acceptors (Lipinski definition) is 4. The van der Waals surface area contributed by atoms with Crippen LogP contribution in [0.5, 0.6) is 0 Å². The van der Waals surface area contributed by atoms with Crippen LogP contribution in [0.4, 0.5) is 13.2 Å². The molecule has 1 atom stereocenters. The van der Waals surface area contributed by atoms with Crippen molar-refractivity contribution in [2.75, 3.05) is 7.11 Å². The summed E-state index contributed by atoms with van der Waals surface area (Å²) in [5.41, 5.74) is -2.40. The molecule has 0 radical (unpaired) electrons. The summed E-state index contributed by atoms with van der Waals surface area (Å²) in [5.74, 6) is -1.82. The van der Waals surface area contributed by atoms with Crippen LogP contribution < -0.4 is 0 Å². The summed E-state index contributed by atoms with van der Waals surface area (Å²) < 4.78 is 42.7. The maximum Gasteiger partial charge on any atom is 0.434 e. The molecule has 1 aromatic heterocycles. The minimum atomic E-state index is -4.83. The van der Waals surface area contributed by atoms with Crippen molar-refractivity contribution in [2.45, 2.75) is 25.6 Å². The van der Waals surface area contributed by atoms with Crippen molar-refractivity contribution in [3.63, 3.8) is 0 Å². The number of carboxylic acid groups (broad SMARTS) is 1. The molecule has 100 valence electrons. The largest absolute Gasteiger partial charge is 0.478 e. The Morgan fingerprint density at radius 1 is 1.56 bits per heavy atom. The van der Waals surface area contributed by atoms with Gasteiger partial charge >= 0.3 is 12.1 Å². The fourth-order valence-electron chi connectivity index (χ4n) is 1.23. The lowest BCUT2D eigenvalue weighted by Gasteiger charge is -2.12. The molecular formula is C10H11F3N2O3. The molecule has 0 amide bonds. The van der Waals surface area contributed by atoms with Gasteiger partial charge in [-0.2, -0.15) is 13.2 Å². The van der Waals surface area contributed by atoms with Crippen molar-refractivity contribution in [2.24, 2.45) is 0 Å². The number of ether oxygens (including phenoxy) is 1. The Morgan fingerprint density at radius 2 is 2.17 bits per heavy atom. The summed E-state index contributed by atoms with van der Waals surface area (Å²) in [4.78, 5) is 17.5. The highest BCUT2D eigenvalue weighted by Crippen LogP contribution is 2.30. The second-order valence-electron chi connectivity index (χ2n) is 3.60. The van der Waals surface area contributed by atoms with Crippen molar-refractivity contribution in [1.29, 1.82) is 0 Å². The quantitative estimate of drug-likeness (QED) is 0.897. The van der Waals surface area contributed by atoms with E-state index in [0.29, 0.717) is 6.20 Å². The molecule has 0 saturated carbocycles. The number of rotatable bonds is 4. The predicted molar refractivity (Wildman–Crippen MR) is 54.2 cm³/mol. The van der Waals surface area contributed by atoms with Gasteiger partial charge < -0.3 is 9.84 Å². The van der Waals surface area contributed by atoms with Crippen LogP contribution in [0.15, 0.2) is 6.20 Å². The molecule has 0 aromatic carbocycles. The van der Waals surface area contributed by atoms with Crippen LogP contribution in [-0.4, -0.2) is 34.3 Å². The van der Waals surface area contributed by atoms with Crippen molar-refractivity contribution < 1.29 is 27.8 Å². The molecule has 8 heteroatoms. The third-order valence-electron chi connectivity index (χ3n) is 2.21. The van der Waals surface area contributed by atoms with Gasteiger partial charge in [-0.3, -0.25) is 0 Å². The molecule has 0 fully saturated rings. The minimum absolute atomic E-state index is 0.0689. The van der Waals surface area contributed by atoms with E-state index in [2.05, 4.69) is 9.97 Å². The molecule has 5 nitrogen and oxygen atoms in total. The van der Waals surface area contributed by atoms with E-state index < -0.39 is 23.4 Å². The highest BCUT2D eigenvalue weighted by molar-refractivity contribution is 5.88. The number of carboxylic acids is 1. The zero-order valence-electron chi connectivity index (χ0n) is 9.65. The molecule has 0 aliphatic heterocycles. The number of carbonyl (C=O) groups is 1. The van der Waals surface area contributed by atoms with Gasteiger partial charge in [0.2, 0.25) is 0 Å². The van der Waals surface area contributed by atoms with Gasteiger partial charge in [0.05, 0.1) is 6.10 Å². The van der Waals surface area contributed by atoms with Crippen molar-refractivity contribution in [1.82, 2.24) is 9.97 Å². The number of nitrogens with zero attached hydrogens (tertiary/aromatic N) is 2. The Hall–Kier alpha value is -1.70. The number of aromatic nitrogens is 2. The van der Waals surface area contributed by atoms with Crippen LogP contribution in [0, 0.1) is 0 Å². The van der Waals surface area contributed by atoms with Gasteiger partial charge in [0, 0.05) is 19.7 Å². The lowest BCUT2D eigenvalue weighted by atomic mass is 10.2. The fourth-order valence-corrected chi connectivity index (χ4v) is 1.23. The van der Waals surface area contributed by atoms with E-state index in [4.69, 9.17) is 9.84 Å². The molecule has 0 saturated heterocycles. The fraction of sp³-hybridized carbons (Fsp3) is 0.500. The summed E-state index contributed by atoms with van der Waals surface area (Å²) in [6.45, 7) is 1.64. The van der Waals surface area contributed by atoms with Gasteiger partial charge in [0.1, 0.15) is 11.4 Å². The van der Waals surface area contributed by atoms with Gasteiger partial charge in [-0.25, -0.2) is 14.8 Å². The molecule has 1 heterocycles. The molecular weight excluding hydrogens is 253 g/mol. The topological polar surface area (TPSA) is 72.3 Å². The molecule has 1 aromatic rings. The predicted octanol–water partition coefficient (Wildman–Crippen LogP) is 1.77. The Bertz CT molecular complexity index is 448. The molecule has 0 bridgehead atoms. The third-order valence-corrected chi connectivity index (χ3v) is 2.21. The Morgan fingerprint density at radius 3 is 2.61 bits per heavy atom. The van der Waals surface area contributed by atoms with Crippen LogP contribution in [0.1, 0.15) is 28.8 Å². The van der Waals surface area contributed by atoms with Crippen LogP contribution in [-0.2, 0) is 17.3 Å². The highest BCUT2D eigenvalue weighted by atomic mass is 19.4. The summed E-state index contributed by atoms with van der Waals surface area (Å²) in [5, 5.41) is 8.64. The molecule has 0 aliphatic carbocycles.